The van der Waals surface area contributed by atoms with E-state index in [1.54, 1.807) is 0 Å². The third-order valence-electron chi connectivity index (χ3n) is 1.00. The summed E-state index contributed by atoms with van der Waals surface area (Å²) in [6.07, 6.45) is 2.64. The summed E-state index contributed by atoms with van der Waals surface area (Å²) in [5.41, 5.74) is 0. The van der Waals surface area contributed by atoms with Gasteiger partial charge in [0.1, 0.15) is 0 Å². The average molecular weight is 200 g/mol. The Morgan fingerprint density at radius 3 is 2.56 bits per heavy atom. The van der Waals surface area contributed by atoms with Gasteiger partial charge in [-0.05, 0) is 31.6 Å². The molecular formula is C5H15P3S. The first-order chi connectivity index (χ1) is 4.16. The van der Waals surface area contributed by atoms with E-state index in [4.69, 9.17) is 11.8 Å². The summed E-state index contributed by atoms with van der Waals surface area (Å²) in [5.74, 6) is 1.36. The van der Waals surface area contributed by atoms with Crippen molar-refractivity contribution in [3.8, 4) is 0 Å². The summed E-state index contributed by atoms with van der Waals surface area (Å²) in [6.45, 7) is 4.23. The van der Waals surface area contributed by atoms with Crippen molar-refractivity contribution in [1.29, 1.82) is 0 Å². The lowest BCUT2D eigenvalue weighted by Gasteiger charge is -2.08. The Labute approximate surface area is 67.6 Å². The molecule has 9 heavy (non-hydrogen) atoms. The molecule has 4 heteroatoms. The van der Waals surface area contributed by atoms with Gasteiger partial charge in [-0.3, -0.25) is 0 Å². The lowest BCUT2D eigenvalue weighted by Crippen LogP contribution is -1.84. The smallest absolute Gasteiger partial charge is 0.00597 e. The third-order valence-corrected chi connectivity index (χ3v) is 7.90. The number of rotatable bonds is 4. The molecule has 3 unspecified atom stereocenters. The summed E-state index contributed by atoms with van der Waals surface area (Å²) >= 11 is 5.18. The third kappa shape index (κ3) is 7.41. The van der Waals surface area contributed by atoms with E-state index in [1.807, 2.05) is 0 Å². The molecule has 0 radical (unpaired) electrons. The topological polar surface area (TPSA) is 0 Å². The molecular weight excluding hydrogens is 185 g/mol. The Morgan fingerprint density at radius 1 is 1.67 bits per heavy atom. The van der Waals surface area contributed by atoms with E-state index in [-0.39, 0.29) is 6.70 Å². The van der Waals surface area contributed by atoms with E-state index in [0.29, 0.717) is 7.92 Å². The Morgan fingerprint density at radius 2 is 2.22 bits per heavy atom. The van der Waals surface area contributed by atoms with Crippen LogP contribution in [0.15, 0.2) is 0 Å². The van der Waals surface area contributed by atoms with Gasteiger partial charge in [0.05, 0.1) is 0 Å². The highest BCUT2D eigenvalue weighted by Crippen LogP contribution is 2.39. The highest BCUT2D eigenvalue weighted by molar-refractivity contribution is 8.07. The normalized spacial score (nSPS) is 17.2. The SMILES string of the molecule is CP(CCP)C[PH](C)=S. The largest absolute Gasteiger partial charge is 0.137 e. The lowest BCUT2D eigenvalue weighted by molar-refractivity contribution is 1.52. The van der Waals surface area contributed by atoms with Crippen molar-refractivity contribution in [3.63, 3.8) is 0 Å². The minimum atomic E-state index is -0.353. The van der Waals surface area contributed by atoms with Gasteiger partial charge >= 0.3 is 0 Å². The van der Waals surface area contributed by atoms with Crippen LogP contribution in [0.1, 0.15) is 0 Å². The summed E-state index contributed by atoms with van der Waals surface area (Å²) in [7, 11) is 3.08. The van der Waals surface area contributed by atoms with E-state index in [2.05, 4.69) is 22.6 Å². The Balaban J connectivity index is 3.26. The zero-order valence-electron chi connectivity index (χ0n) is 6.05. The van der Waals surface area contributed by atoms with Crippen LogP contribution < -0.4 is 0 Å². The lowest BCUT2D eigenvalue weighted by atomic mass is 11.0. The van der Waals surface area contributed by atoms with Crippen molar-refractivity contribution in [1.82, 2.24) is 0 Å². The van der Waals surface area contributed by atoms with E-state index in [1.165, 1.54) is 18.2 Å². The van der Waals surface area contributed by atoms with E-state index < -0.39 is 0 Å². The molecule has 3 atom stereocenters. The predicted molar refractivity (Wildman–Crippen MR) is 58.8 cm³/mol. The second kappa shape index (κ2) is 6.23. The second-order valence-corrected chi connectivity index (χ2v) is 9.72. The quantitative estimate of drug-likeness (QED) is 0.627. The van der Waals surface area contributed by atoms with Gasteiger partial charge in [-0.25, -0.2) is 0 Å². The maximum atomic E-state index is 5.18. The van der Waals surface area contributed by atoms with Gasteiger partial charge in [-0.2, -0.15) is 0 Å². The fourth-order valence-corrected chi connectivity index (χ4v) is 8.10. The van der Waals surface area contributed by atoms with Gasteiger partial charge in [0.15, 0.2) is 0 Å². The van der Waals surface area contributed by atoms with Crippen molar-refractivity contribution in [2.24, 2.45) is 0 Å². The highest BCUT2D eigenvalue weighted by Gasteiger charge is 1.97. The molecule has 0 N–H and O–H groups in total. The van der Waals surface area contributed by atoms with Gasteiger partial charge in [-0.15, -0.1) is 29.0 Å². The van der Waals surface area contributed by atoms with Crippen LogP contribution in [0.4, 0.5) is 0 Å². The zero-order chi connectivity index (χ0) is 7.28. The molecule has 0 fully saturated rings. The van der Waals surface area contributed by atoms with Crippen LogP contribution in [-0.4, -0.2) is 31.6 Å². The molecule has 0 aliphatic rings. The van der Waals surface area contributed by atoms with Crippen LogP contribution in [0.3, 0.4) is 0 Å². The molecule has 0 saturated carbocycles. The van der Waals surface area contributed by atoms with Crippen LogP contribution >= 0.6 is 23.9 Å². The van der Waals surface area contributed by atoms with Crippen LogP contribution in [0.2, 0.25) is 0 Å². The molecule has 0 aromatic rings. The molecule has 0 amide bonds. The first-order valence-corrected chi connectivity index (χ1v) is 9.36. The van der Waals surface area contributed by atoms with Gasteiger partial charge in [0, 0.05) is 0 Å². The molecule has 0 heterocycles. The van der Waals surface area contributed by atoms with E-state index >= 15 is 0 Å². The van der Waals surface area contributed by atoms with E-state index in [9.17, 15) is 0 Å². The standard InChI is InChI=1S/C5H15P3S/c1-7(4-3-6)5-8(2)9/h8H,3-6H2,1-2H3. The maximum Gasteiger partial charge on any atom is -0.00597 e. The van der Waals surface area contributed by atoms with Crippen LogP contribution in [0.25, 0.3) is 0 Å². The summed E-state index contributed by atoms with van der Waals surface area (Å²) in [6, 6.07) is 0. The Kier molecular flexibility index (Phi) is 7.28. The Bertz CT molecular complexity index is 94.2. The monoisotopic (exact) mass is 200 g/mol. The average Bonchev–Trinajstić information content (AvgIpc) is 1.63. The van der Waals surface area contributed by atoms with Gasteiger partial charge < -0.3 is 0 Å². The number of hydrogen-bond donors (Lipinski definition) is 0. The zero-order valence-corrected chi connectivity index (χ0v) is 9.92. The molecule has 0 spiro atoms. The molecule has 0 bridgehead atoms. The molecule has 0 aromatic heterocycles. The van der Waals surface area contributed by atoms with Crippen molar-refractivity contribution < 1.29 is 0 Å². The van der Waals surface area contributed by atoms with Crippen LogP contribution in [0.5, 0.6) is 0 Å². The molecule has 0 aliphatic carbocycles. The van der Waals surface area contributed by atoms with Crippen molar-refractivity contribution in [2.45, 2.75) is 0 Å². The second-order valence-electron chi connectivity index (χ2n) is 2.23. The van der Waals surface area contributed by atoms with E-state index in [0.717, 1.165) is 0 Å². The predicted octanol–water partition coefficient (Wildman–Crippen LogP) is 2.24. The maximum absolute atomic E-state index is 5.18. The molecule has 0 rings (SSSR count). The fourth-order valence-electron chi connectivity index (χ4n) is 0.680. The number of hydrogen-bond acceptors (Lipinski definition) is 1. The molecule has 0 aromatic carbocycles. The van der Waals surface area contributed by atoms with Crippen LogP contribution in [0, 0.1) is 0 Å². The van der Waals surface area contributed by atoms with Gasteiger partial charge in [0.2, 0.25) is 0 Å². The first kappa shape index (κ1) is 10.5. The van der Waals surface area contributed by atoms with Crippen molar-refractivity contribution in [3.05, 3.63) is 0 Å². The fraction of sp³-hybridized carbons (Fsp3) is 1.00. The minimum absolute atomic E-state index is 0.300. The molecule has 56 valence electrons. The Hall–Kier alpha value is 1.51. The molecule has 0 nitrogen and oxygen atoms in total. The summed E-state index contributed by atoms with van der Waals surface area (Å²) < 4.78 is 0. The van der Waals surface area contributed by atoms with Crippen molar-refractivity contribution >= 4 is 35.7 Å². The minimum Gasteiger partial charge on any atom is -0.137 e. The van der Waals surface area contributed by atoms with Gasteiger partial charge in [0.25, 0.3) is 0 Å². The molecule has 0 saturated heterocycles. The van der Waals surface area contributed by atoms with Crippen molar-refractivity contribution in [2.75, 3.05) is 31.6 Å². The van der Waals surface area contributed by atoms with Gasteiger partial charge in [-0.1, -0.05) is 6.70 Å². The first-order valence-electron chi connectivity index (χ1n) is 3.05. The summed E-state index contributed by atoms with van der Waals surface area (Å²) in [5, 5.41) is 0. The van der Waals surface area contributed by atoms with Crippen LogP contribution in [-0.2, 0) is 11.8 Å². The summed E-state index contributed by atoms with van der Waals surface area (Å²) in [4.78, 5) is 0. The molecule has 0 aliphatic heterocycles. The highest BCUT2D eigenvalue weighted by atomic mass is 32.4.